The fraction of sp³-hybridized carbons (Fsp3) is 0.647. The van der Waals surface area contributed by atoms with Crippen LogP contribution in [0.15, 0.2) is 24.3 Å². The highest BCUT2D eigenvalue weighted by Crippen LogP contribution is 2.21. The highest BCUT2D eigenvalue weighted by molar-refractivity contribution is 5.28. The minimum atomic E-state index is 0.177. The molecular formula is C17H28N2O. The molecule has 0 unspecified atom stereocenters. The van der Waals surface area contributed by atoms with Crippen LogP contribution in [0.1, 0.15) is 33.3 Å². The highest BCUT2D eigenvalue weighted by atomic mass is 16.5. The molecule has 0 bridgehead atoms. The molecule has 1 aliphatic rings. The van der Waals surface area contributed by atoms with Crippen LogP contribution in [0.3, 0.4) is 0 Å². The van der Waals surface area contributed by atoms with E-state index >= 15 is 0 Å². The molecule has 1 saturated heterocycles. The number of nitrogens with zero attached hydrogens (tertiary/aromatic N) is 1. The zero-order valence-electron chi connectivity index (χ0n) is 13.5. The van der Waals surface area contributed by atoms with Crippen LogP contribution >= 0.6 is 0 Å². The molecule has 3 nitrogen and oxygen atoms in total. The van der Waals surface area contributed by atoms with Crippen molar-refractivity contribution in [1.82, 2.24) is 10.2 Å². The van der Waals surface area contributed by atoms with E-state index in [-0.39, 0.29) is 11.1 Å². The van der Waals surface area contributed by atoms with Crippen molar-refractivity contribution in [2.45, 2.75) is 45.2 Å². The Hall–Kier alpha value is -1.06. The van der Waals surface area contributed by atoms with Gasteiger partial charge >= 0.3 is 0 Å². The van der Waals surface area contributed by atoms with Crippen molar-refractivity contribution in [2.75, 3.05) is 26.7 Å². The molecule has 0 aromatic heterocycles. The average molecular weight is 276 g/mol. The molecule has 1 N–H and O–H groups in total. The molecule has 3 heteroatoms. The van der Waals surface area contributed by atoms with Crippen molar-refractivity contribution in [3.63, 3.8) is 0 Å². The Morgan fingerprint density at radius 1 is 1.15 bits per heavy atom. The number of ether oxygens (including phenoxy) is 1. The van der Waals surface area contributed by atoms with Crippen LogP contribution < -0.4 is 10.1 Å². The molecule has 0 saturated carbocycles. The maximum atomic E-state index is 5.29. The molecule has 1 heterocycles. The van der Waals surface area contributed by atoms with Gasteiger partial charge in [0.1, 0.15) is 5.75 Å². The normalized spacial score (nSPS) is 21.6. The van der Waals surface area contributed by atoms with Gasteiger partial charge in [0.2, 0.25) is 0 Å². The summed E-state index contributed by atoms with van der Waals surface area (Å²) in [5, 5.41) is 3.72. The van der Waals surface area contributed by atoms with Crippen LogP contribution in [0.2, 0.25) is 0 Å². The zero-order chi connectivity index (χ0) is 14.8. The highest BCUT2D eigenvalue weighted by Gasteiger charge is 2.35. The van der Waals surface area contributed by atoms with E-state index in [1.807, 2.05) is 6.07 Å². The monoisotopic (exact) mass is 276 g/mol. The fourth-order valence-corrected chi connectivity index (χ4v) is 3.44. The van der Waals surface area contributed by atoms with Gasteiger partial charge in [-0.3, -0.25) is 4.90 Å². The quantitative estimate of drug-likeness (QED) is 0.915. The summed E-state index contributed by atoms with van der Waals surface area (Å²) in [6, 6.07) is 8.39. The second-order valence-corrected chi connectivity index (χ2v) is 7.20. The van der Waals surface area contributed by atoms with Crippen molar-refractivity contribution in [1.29, 1.82) is 0 Å². The van der Waals surface area contributed by atoms with Crippen molar-refractivity contribution in [2.24, 2.45) is 0 Å². The predicted octanol–water partition coefficient (Wildman–Crippen LogP) is 2.70. The Labute approximate surface area is 123 Å². The Balaban J connectivity index is 1.96. The third-order valence-electron chi connectivity index (χ3n) is 3.77. The Morgan fingerprint density at radius 2 is 1.80 bits per heavy atom. The van der Waals surface area contributed by atoms with E-state index in [0.717, 1.165) is 31.8 Å². The first-order valence-corrected chi connectivity index (χ1v) is 7.44. The first kappa shape index (κ1) is 15.3. The predicted molar refractivity (Wildman–Crippen MR) is 84.4 cm³/mol. The lowest BCUT2D eigenvalue weighted by atomic mass is 9.91. The van der Waals surface area contributed by atoms with Crippen molar-refractivity contribution < 1.29 is 4.74 Å². The summed E-state index contributed by atoms with van der Waals surface area (Å²) in [5.41, 5.74) is 1.70. The Morgan fingerprint density at radius 3 is 2.40 bits per heavy atom. The van der Waals surface area contributed by atoms with Crippen LogP contribution in [-0.2, 0) is 6.42 Å². The second-order valence-electron chi connectivity index (χ2n) is 7.20. The van der Waals surface area contributed by atoms with Gasteiger partial charge in [-0.05, 0) is 51.8 Å². The van der Waals surface area contributed by atoms with Crippen molar-refractivity contribution >= 4 is 0 Å². The standard InChI is InChI=1S/C17H28N2O/c1-16(2)12-19(13-17(3,4)18-16)10-9-14-7-6-8-15(11-14)20-5/h6-8,11,18H,9-10,12-13H2,1-5H3. The smallest absolute Gasteiger partial charge is 0.119 e. The molecule has 1 aliphatic heterocycles. The molecule has 1 aromatic carbocycles. The molecule has 0 radical (unpaired) electrons. The average Bonchev–Trinajstić information content (AvgIpc) is 2.33. The summed E-state index contributed by atoms with van der Waals surface area (Å²) in [6.45, 7) is 12.4. The summed E-state index contributed by atoms with van der Waals surface area (Å²) < 4.78 is 5.29. The summed E-state index contributed by atoms with van der Waals surface area (Å²) >= 11 is 0. The van der Waals surface area contributed by atoms with Gasteiger partial charge < -0.3 is 10.1 Å². The lowest BCUT2D eigenvalue weighted by molar-refractivity contribution is 0.0791. The lowest BCUT2D eigenvalue weighted by Gasteiger charge is -2.48. The molecule has 2 rings (SSSR count). The SMILES string of the molecule is COc1cccc(CCN2CC(C)(C)NC(C)(C)C2)c1. The molecule has 20 heavy (non-hydrogen) atoms. The molecule has 0 amide bonds. The minimum Gasteiger partial charge on any atom is -0.497 e. The number of piperazine rings is 1. The fourth-order valence-electron chi connectivity index (χ4n) is 3.44. The third kappa shape index (κ3) is 4.22. The van der Waals surface area contributed by atoms with E-state index in [1.165, 1.54) is 5.56 Å². The first-order chi connectivity index (χ1) is 9.30. The van der Waals surface area contributed by atoms with Gasteiger partial charge in [-0.2, -0.15) is 0 Å². The molecule has 0 spiro atoms. The van der Waals surface area contributed by atoms with E-state index in [0.29, 0.717) is 0 Å². The van der Waals surface area contributed by atoms with Gasteiger partial charge in [0.15, 0.2) is 0 Å². The van der Waals surface area contributed by atoms with Crippen molar-refractivity contribution in [3.8, 4) is 5.75 Å². The molecular weight excluding hydrogens is 248 g/mol. The van der Waals surface area contributed by atoms with E-state index in [4.69, 9.17) is 4.74 Å². The summed E-state index contributed by atoms with van der Waals surface area (Å²) in [5.74, 6) is 0.948. The summed E-state index contributed by atoms with van der Waals surface area (Å²) in [6.07, 6.45) is 1.07. The largest absolute Gasteiger partial charge is 0.497 e. The number of nitrogens with one attached hydrogen (secondary N) is 1. The first-order valence-electron chi connectivity index (χ1n) is 7.44. The second kappa shape index (κ2) is 5.74. The number of hydrogen-bond donors (Lipinski definition) is 1. The molecule has 0 atom stereocenters. The van der Waals surface area contributed by atoms with Gasteiger partial charge in [0.25, 0.3) is 0 Å². The Bertz CT molecular complexity index is 438. The Kier molecular flexibility index (Phi) is 4.40. The topological polar surface area (TPSA) is 24.5 Å². The molecule has 1 fully saturated rings. The van der Waals surface area contributed by atoms with Crippen LogP contribution in [0.4, 0.5) is 0 Å². The summed E-state index contributed by atoms with van der Waals surface area (Å²) in [7, 11) is 1.72. The molecule has 1 aromatic rings. The van der Waals surface area contributed by atoms with Crippen LogP contribution in [-0.4, -0.2) is 42.7 Å². The van der Waals surface area contributed by atoms with E-state index in [9.17, 15) is 0 Å². The lowest BCUT2D eigenvalue weighted by Crippen LogP contribution is -2.66. The van der Waals surface area contributed by atoms with Gasteiger partial charge in [-0.25, -0.2) is 0 Å². The van der Waals surface area contributed by atoms with Crippen LogP contribution in [0.25, 0.3) is 0 Å². The maximum Gasteiger partial charge on any atom is 0.119 e. The van der Waals surface area contributed by atoms with Crippen LogP contribution in [0.5, 0.6) is 5.75 Å². The molecule has 0 aliphatic carbocycles. The number of rotatable bonds is 4. The maximum absolute atomic E-state index is 5.29. The minimum absolute atomic E-state index is 0.177. The van der Waals surface area contributed by atoms with E-state index < -0.39 is 0 Å². The van der Waals surface area contributed by atoms with Crippen molar-refractivity contribution in [3.05, 3.63) is 29.8 Å². The van der Waals surface area contributed by atoms with Gasteiger partial charge in [0.05, 0.1) is 7.11 Å². The molecule has 112 valence electrons. The van der Waals surface area contributed by atoms with E-state index in [2.05, 4.69) is 56.1 Å². The van der Waals surface area contributed by atoms with E-state index in [1.54, 1.807) is 7.11 Å². The zero-order valence-corrected chi connectivity index (χ0v) is 13.5. The van der Waals surface area contributed by atoms with Crippen LogP contribution in [0, 0.1) is 0 Å². The third-order valence-corrected chi connectivity index (χ3v) is 3.77. The number of benzene rings is 1. The van der Waals surface area contributed by atoms with Gasteiger partial charge in [-0.15, -0.1) is 0 Å². The summed E-state index contributed by atoms with van der Waals surface area (Å²) in [4.78, 5) is 2.57. The number of hydrogen-bond acceptors (Lipinski definition) is 3. The van der Waals surface area contributed by atoms with Gasteiger partial charge in [0, 0.05) is 30.7 Å². The number of methoxy groups -OCH3 is 1. The van der Waals surface area contributed by atoms with Gasteiger partial charge in [-0.1, -0.05) is 12.1 Å².